The SMILES string of the molecule is CC.CC(C)C(NC(=O)CN(C)C(=O)CCCCCN(C)C(=O)/C=C\C=O)C(=O)N(C)C.CCC.CCC(C)CC(CC(=O)N1CCCC1CCNNCCc1ccccc1)OC.CO.COC. The zero-order valence-electron chi connectivity index (χ0n) is 45.5. The third-order valence-corrected chi connectivity index (χ3v) is 10.5. The number of ether oxygens (including phenoxy) is 2. The van der Waals surface area contributed by atoms with Crippen molar-refractivity contribution in [1.82, 2.24) is 35.8 Å². The van der Waals surface area contributed by atoms with E-state index in [0.29, 0.717) is 44.1 Å². The monoisotopic (exact) mass is 966 g/mol. The number of hydrogen-bond acceptors (Lipinski definition) is 11. The summed E-state index contributed by atoms with van der Waals surface area (Å²) in [7, 11) is 12.5. The average molecular weight is 966 g/mol. The fourth-order valence-corrected chi connectivity index (χ4v) is 6.59. The van der Waals surface area contributed by atoms with Crippen LogP contribution in [0.15, 0.2) is 42.5 Å². The maximum atomic E-state index is 12.8. The molecule has 68 heavy (non-hydrogen) atoms. The lowest BCUT2D eigenvalue weighted by atomic mass is 9.98. The van der Waals surface area contributed by atoms with Gasteiger partial charge in [0.2, 0.25) is 29.5 Å². The second kappa shape index (κ2) is 47.8. The molecule has 4 atom stereocenters. The van der Waals surface area contributed by atoms with Crippen molar-refractivity contribution in [3.8, 4) is 0 Å². The predicted octanol–water partition coefficient (Wildman–Crippen LogP) is 6.31. The molecule has 16 nitrogen and oxygen atoms in total. The van der Waals surface area contributed by atoms with Crippen molar-refractivity contribution < 1.29 is 43.3 Å². The fourth-order valence-electron chi connectivity index (χ4n) is 6.59. The number of aliphatic hydroxyl groups excluding tert-OH is 1. The van der Waals surface area contributed by atoms with Gasteiger partial charge in [0.1, 0.15) is 12.3 Å². The quantitative estimate of drug-likeness (QED) is 0.0353. The average Bonchev–Trinajstić information content (AvgIpc) is 3.81. The number of carbonyl (C=O) groups is 6. The van der Waals surface area contributed by atoms with E-state index in [-0.39, 0.29) is 48.1 Å². The molecule has 1 aromatic rings. The van der Waals surface area contributed by atoms with Crippen LogP contribution in [0.2, 0.25) is 0 Å². The summed E-state index contributed by atoms with van der Waals surface area (Å²) in [5.41, 5.74) is 7.95. The van der Waals surface area contributed by atoms with Crippen LogP contribution in [0.3, 0.4) is 0 Å². The smallest absolute Gasteiger partial charge is 0.246 e. The molecule has 4 N–H and O–H groups in total. The van der Waals surface area contributed by atoms with Gasteiger partial charge in [0.05, 0.1) is 19.1 Å². The zero-order chi connectivity index (χ0) is 52.9. The van der Waals surface area contributed by atoms with E-state index in [4.69, 9.17) is 9.84 Å². The number of hydrogen-bond donors (Lipinski definition) is 4. The van der Waals surface area contributed by atoms with Gasteiger partial charge in [-0.2, -0.15) is 0 Å². The van der Waals surface area contributed by atoms with Crippen LogP contribution in [0, 0.1) is 11.8 Å². The lowest BCUT2D eigenvalue weighted by molar-refractivity contribution is -0.138. The minimum Gasteiger partial charge on any atom is -0.400 e. The van der Waals surface area contributed by atoms with E-state index < -0.39 is 6.04 Å². The molecule has 0 aromatic heterocycles. The van der Waals surface area contributed by atoms with Gasteiger partial charge in [-0.25, -0.2) is 0 Å². The first-order valence-electron chi connectivity index (χ1n) is 24.8. The molecule has 1 heterocycles. The maximum absolute atomic E-state index is 12.8. The predicted molar refractivity (Wildman–Crippen MR) is 278 cm³/mol. The molecule has 0 saturated carbocycles. The Morgan fingerprint density at radius 3 is 2.00 bits per heavy atom. The van der Waals surface area contributed by atoms with Gasteiger partial charge < -0.3 is 39.5 Å². The van der Waals surface area contributed by atoms with Crippen molar-refractivity contribution in [2.24, 2.45) is 11.8 Å². The number of benzene rings is 1. The minimum absolute atomic E-state index is 0.0430. The van der Waals surface area contributed by atoms with E-state index in [1.54, 1.807) is 49.5 Å². The van der Waals surface area contributed by atoms with Crippen molar-refractivity contribution in [3.63, 3.8) is 0 Å². The third-order valence-electron chi connectivity index (χ3n) is 10.5. The Kier molecular flexibility index (Phi) is 49.5. The lowest BCUT2D eigenvalue weighted by Crippen LogP contribution is -2.51. The van der Waals surface area contributed by atoms with Crippen LogP contribution in [-0.2, 0) is 44.7 Å². The molecule has 5 amide bonds. The van der Waals surface area contributed by atoms with Crippen molar-refractivity contribution in [2.45, 2.75) is 151 Å². The zero-order valence-corrected chi connectivity index (χ0v) is 45.5. The highest BCUT2D eigenvalue weighted by molar-refractivity contribution is 5.91. The molecule has 396 valence electrons. The number of carbonyl (C=O) groups excluding carboxylic acids is 6. The van der Waals surface area contributed by atoms with Crippen LogP contribution in [0.5, 0.6) is 0 Å². The number of unbranched alkanes of at least 4 members (excludes halogenated alkanes) is 2. The van der Waals surface area contributed by atoms with Crippen LogP contribution in [0.25, 0.3) is 0 Å². The molecule has 0 bridgehead atoms. The molecule has 2 rings (SSSR count). The summed E-state index contributed by atoms with van der Waals surface area (Å²) in [6, 6.07) is 10.2. The van der Waals surface area contributed by atoms with Crippen molar-refractivity contribution in [1.29, 1.82) is 0 Å². The van der Waals surface area contributed by atoms with Crippen molar-refractivity contribution in [3.05, 3.63) is 48.0 Å². The first-order chi connectivity index (χ1) is 32.5. The lowest BCUT2D eigenvalue weighted by Gasteiger charge is -2.27. The first kappa shape index (κ1) is 70.3. The number of aliphatic hydroxyl groups is 1. The molecule has 0 radical (unpaired) electrons. The number of allylic oxidation sites excluding steroid dienone is 1. The summed E-state index contributed by atoms with van der Waals surface area (Å²) in [6.07, 6.45) is 13.5. The summed E-state index contributed by atoms with van der Waals surface area (Å²) >= 11 is 0. The Bertz CT molecular complexity index is 1430. The molecular weight excluding hydrogens is 867 g/mol. The van der Waals surface area contributed by atoms with E-state index >= 15 is 0 Å². The van der Waals surface area contributed by atoms with Gasteiger partial charge in [0.25, 0.3) is 0 Å². The van der Waals surface area contributed by atoms with Gasteiger partial charge in [0, 0.05) is 101 Å². The maximum Gasteiger partial charge on any atom is 0.246 e. The van der Waals surface area contributed by atoms with E-state index in [1.165, 1.54) is 32.8 Å². The minimum atomic E-state index is -0.628. The number of rotatable bonds is 26. The van der Waals surface area contributed by atoms with Crippen LogP contribution < -0.4 is 16.2 Å². The van der Waals surface area contributed by atoms with E-state index in [0.717, 1.165) is 84.2 Å². The molecule has 1 aromatic carbocycles. The van der Waals surface area contributed by atoms with Crippen molar-refractivity contribution in [2.75, 3.05) is 89.4 Å². The Morgan fingerprint density at radius 2 is 1.47 bits per heavy atom. The molecule has 4 unspecified atom stereocenters. The fraction of sp³-hybridized carbons (Fsp3) is 0.731. The molecule has 1 fully saturated rings. The number of methoxy groups -OCH3 is 2. The van der Waals surface area contributed by atoms with E-state index in [2.05, 4.69) is 77.8 Å². The summed E-state index contributed by atoms with van der Waals surface area (Å²) < 4.78 is 9.83. The molecule has 1 saturated heterocycles. The normalized spacial score (nSPS) is 13.7. The Hall–Kier alpha value is -4.22. The number of amides is 5. The largest absolute Gasteiger partial charge is 0.400 e. The number of likely N-dealkylation sites (N-methyl/N-ethyl adjacent to an activating group) is 3. The summed E-state index contributed by atoms with van der Waals surface area (Å²) in [4.78, 5) is 77.7. The van der Waals surface area contributed by atoms with Gasteiger partial charge in [0.15, 0.2) is 0 Å². The molecule has 1 aliphatic rings. The second-order valence-corrected chi connectivity index (χ2v) is 17.0. The van der Waals surface area contributed by atoms with Crippen LogP contribution in [-0.4, -0.2) is 168 Å². The summed E-state index contributed by atoms with van der Waals surface area (Å²) in [5, 5.41) is 9.71. The highest BCUT2D eigenvalue weighted by atomic mass is 16.5. The topological polar surface area (TPSA) is 190 Å². The first-order valence-corrected chi connectivity index (χ1v) is 24.8. The summed E-state index contributed by atoms with van der Waals surface area (Å²) in [6.45, 7) is 19.5. The second-order valence-electron chi connectivity index (χ2n) is 17.0. The molecule has 16 heteroatoms. The van der Waals surface area contributed by atoms with Gasteiger partial charge in [-0.3, -0.25) is 39.6 Å². The highest BCUT2D eigenvalue weighted by Crippen LogP contribution is 2.23. The van der Waals surface area contributed by atoms with Crippen molar-refractivity contribution >= 4 is 35.8 Å². The number of hydrazine groups is 1. The molecular formula is C52H99N7O9. The number of likely N-dealkylation sites (tertiary alicyclic amines) is 1. The highest BCUT2D eigenvalue weighted by Gasteiger charge is 2.30. The number of aldehydes is 1. The number of nitrogens with zero attached hydrogens (tertiary/aromatic N) is 4. The standard InChI is InChI=1S/C23H39N3O2.C21H36N4O5.C3H8.C2H6O.C2H6.CH4O/c1-4-19(2)17-22(28-3)18-23(27)26-16-8-11-21(26)13-15-25-24-14-12-20-9-6-5-7-10-20;1-16(2)20(21(30)23(3)4)22-17(27)15-25(6)19(29)11-8-7-9-13-24(5)18(28)12-10-14-26;2*1-3-2;2*1-2/h5-7,9-10,19,21-22,24-25H,4,8,11-18H2,1-3H3;10,12,14,16,20H,7-9,11,13,15H2,1-6H3,(H,22,27);3H2,1-2H3;1-2H3;1-2H3;2H,1H3/b;12-10-;;;;. The Labute approximate surface area is 413 Å². The Morgan fingerprint density at radius 1 is 0.882 bits per heavy atom. The van der Waals surface area contributed by atoms with Gasteiger partial charge in [-0.1, -0.05) is 105 Å². The number of nitrogens with one attached hydrogen (secondary N) is 3. The van der Waals surface area contributed by atoms with Gasteiger partial charge >= 0.3 is 0 Å². The van der Waals surface area contributed by atoms with E-state index in [1.807, 2.05) is 33.8 Å². The van der Waals surface area contributed by atoms with Crippen LogP contribution in [0.4, 0.5) is 0 Å². The van der Waals surface area contributed by atoms with E-state index in [9.17, 15) is 28.8 Å². The van der Waals surface area contributed by atoms with Crippen LogP contribution >= 0.6 is 0 Å². The van der Waals surface area contributed by atoms with Crippen LogP contribution in [0.1, 0.15) is 132 Å². The molecule has 0 spiro atoms. The van der Waals surface area contributed by atoms with Gasteiger partial charge in [-0.05, 0) is 68.4 Å². The molecule has 1 aliphatic heterocycles. The third kappa shape index (κ3) is 36.8. The van der Waals surface area contributed by atoms with Gasteiger partial charge in [-0.15, -0.1) is 0 Å². The Balaban J connectivity index is -0.000000506. The molecule has 0 aliphatic carbocycles. The summed E-state index contributed by atoms with van der Waals surface area (Å²) in [5.74, 6) is -0.155.